The lowest BCUT2D eigenvalue weighted by atomic mass is 9.99. The molecule has 3 aromatic heterocycles. The summed E-state index contributed by atoms with van der Waals surface area (Å²) in [7, 11) is 0. The van der Waals surface area contributed by atoms with Crippen LogP contribution < -0.4 is 10.5 Å². The van der Waals surface area contributed by atoms with Crippen molar-refractivity contribution in [3.05, 3.63) is 65.4 Å². The van der Waals surface area contributed by atoms with E-state index in [4.69, 9.17) is 10.5 Å². The van der Waals surface area contributed by atoms with E-state index in [1.165, 1.54) is 12.1 Å². The summed E-state index contributed by atoms with van der Waals surface area (Å²) in [5, 5.41) is 9.05. The Morgan fingerprint density at radius 2 is 2.06 bits per heavy atom. The molecule has 1 aliphatic heterocycles. The Morgan fingerprint density at radius 1 is 1.22 bits per heavy atom. The van der Waals surface area contributed by atoms with Crippen LogP contribution in [0.3, 0.4) is 0 Å². The second-order valence-corrected chi connectivity index (χ2v) is 7.86. The molecule has 4 aromatic rings. The number of pyridine rings is 1. The minimum absolute atomic E-state index is 0.111. The van der Waals surface area contributed by atoms with Crippen molar-refractivity contribution in [1.82, 2.24) is 24.5 Å². The Hall–Kier alpha value is -3.75. The van der Waals surface area contributed by atoms with Crippen molar-refractivity contribution < 1.29 is 13.5 Å². The maximum absolute atomic E-state index is 14.2. The van der Waals surface area contributed by atoms with Crippen molar-refractivity contribution in [3.63, 3.8) is 0 Å². The number of hydrogen-bond donors (Lipinski definition) is 1. The molecular formula is C23H22F2N6O. The number of benzene rings is 1. The van der Waals surface area contributed by atoms with E-state index in [0.29, 0.717) is 23.4 Å². The quantitative estimate of drug-likeness (QED) is 0.506. The van der Waals surface area contributed by atoms with Gasteiger partial charge in [0.15, 0.2) is 11.6 Å². The maximum Gasteiger partial charge on any atom is 0.166 e. The smallest absolute Gasteiger partial charge is 0.166 e. The third kappa shape index (κ3) is 3.39. The van der Waals surface area contributed by atoms with Gasteiger partial charge in [0, 0.05) is 28.5 Å². The number of rotatable bonds is 2. The third-order valence-electron chi connectivity index (χ3n) is 5.62. The Morgan fingerprint density at radius 3 is 2.88 bits per heavy atom. The van der Waals surface area contributed by atoms with Crippen molar-refractivity contribution in [2.24, 2.45) is 0 Å². The summed E-state index contributed by atoms with van der Waals surface area (Å²) in [6.45, 7) is 3.70. The molecular weight excluding hydrogens is 414 g/mol. The highest BCUT2D eigenvalue weighted by Crippen LogP contribution is 2.37. The van der Waals surface area contributed by atoms with Crippen LogP contribution in [-0.4, -0.2) is 31.2 Å². The predicted octanol–water partition coefficient (Wildman–Crippen LogP) is 4.31. The molecule has 4 heterocycles. The Kier molecular flexibility index (Phi) is 4.88. The summed E-state index contributed by atoms with van der Waals surface area (Å²) in [6.07, 6.45) is 2.82. The van der Waals surface area contributed by atoms with Crippen molar-refractivity contribution in [2.45, 2.75) is 33.0 Å². The molecule has 32 heavy (non-hydrogen) atoms. The number of alkyl halides is 1. The Bertz CT molecular complexity index is 1310. The van der Waals surface area contributed by atoms with Crippen LogP contribution in [0.5, 0.6) is 5.75 Å². The molecule has 7 nitrogen and oxygen atoms in total. The van der Waals surface area contributed by atoms with E-state index >= 15 is 0 Å². The molecule has 0 fully saturated rings. The first-order valence-electron chi connectivity index (χ1n) is 10.3. The molecule has 1 atom stereocenters. The van der Waals surface area contributed by atoms with Gasteiger partial charge in [0.1, 0.15) is 18.6 Å². The largest absolute Gasteiger partial charge is 0.482 e. The zero-order chi connectivity index (χ0) is 22.4. The van der Waals surface area contributed by atoms with Crippen LogP contribution in [-0.2, 0) is 13.1 Å². The molecule has 164 valence electrons. The van der Waals surface area contributed by atoms with Crippen LogP contribution in [0.15, 0.2) is 42.7 Å². The SMILES string of the molecule is Cc1cc2n(n1)Cc1cnn(CCF)c1-c1cnc(N)c(c1)O[C@H](C)c1cc(F)ccc1-2. The molecule has 0 unspecified atom stereocenters. The van der Waals surface area contributed by atoms with Gasteiger partial charge in [-0.15, -0.1) is 0 Å². The van der Waals surface area contributed by atoms with Crippen LogP contribution in [0.1, 0.15) is 29.8 Å². The molecule has 1 aromatic carbocycles. The lowest BCUT2D eigenvalue weighted by Crippen LogP contribution is -2.12. The summed E-state index contributed by atoms with van der Waals surface area (Å²) in [6, 6.07) is 8.34. The standard InChI is InChI=1S/C23H22F2N6O/c1-13-7-20-18-4-3-17(25)9-19(18)14(2)32-21-8-15(10-27-23(21)26)22-16(12-31(20)29-13)11-28-30(22)6-5-24/h3-4,7-11,14H,5-6,12H2,1-2H3,(H2,26,27)/t14-/m1/s1. The number of halogens is 2. The van der Waals surface area contributed by atoms with E-state index in [1.54, 1.807) is 29.2 Å². The number of nitrogens with zero attached hydrogens (tertiary/aromatic N) is 5. The number of nitrogen functional groups attached to an aromatic ring is 1. The zero-order valence-corrected chi connectivity index (χ0v) is 17.7. The van der Waals surface area contributed by atoms with Gasteiger partial charge in [-0.25, -0.2) is 13.8 Å². The van der Waals surface area contributed by atoms with Crippen LogP contribution in [0, 0.1) is 12.7 Å². The average Bonchev–Trinajstić information content (AvgIpc) is 3.32. The number of nitrogens with two attached hydrogens (primary N) is 1. The Labute approximate surface area is 183 Å². The molecule has 2 bridgehead atoms. The van der Waals surface area contributed by atoms with Gasteiger partial charge >= 0.3 is 0 Å². The second-order valence-electron chi connectivity index (χ2n) is 7.86. The zero-order valence-electron chi connectivity index (χ0n) is 17.7. The predicted molar refractivity (Wildman–Crippen MR) is 116 cm³/mol. The van der Waals surface area contributed by atoms with Gasteiger partial charge in [-0.05, 0) is 44.2 Å². The molecule has 0 radical (unpaired) electrons. The summed E-state index contributed by atoms with van der Waals surface area (Å²) in [5.41, 5.74) is 11.5. The lowest BCUT2D eigenvalue weighted by Gasteiger charge is -2.21. The van der Waals surface area contributed by atoms with Crippen LogP contribution in [0.4, 0.5) is 14.6 Å². The molecule has 0 saturated carbocycles. The average molecular weight is 436 g/mol. The lowest BCUT2D eigenvalue weighted by molar-refractivity contribution is 0.227. The van der Waals surface area contributed by atoms with Gasteiger partial charge in [-0.1, -0.05) is 0 Å². The van der Waals surface area contributed by atoms with Crippen LogP contribution in [0.2, 0.25) is 0 Å². The number of anilines is 1. The number of aromatic nitrogens is 5. The minimum atomic E-state index is -0.554. The van der Waals surface area contributed by atoms with Gasteiger partial charge in [0.2, 0.25) is 0 Å². The third-order valence-corrected chi connectivity index (χ3v) is 5.62. The topological polar surface area (TPSA) is 83.8 Å². The summed E-state index contributed by atoms with van der Waals surface area (Å²) in [5.74, 6) is 0.229. The summed E-state index contributed by atoms with van der Waals surface area (Å²) >= 11 is 0. The molecule has 2 N–H and O–H groups in total. The van der Waals surface area contributed by atoms with E-state index in [0.717, 1.165) is 28.2 Å². The van der Waals surface area contributed by atoms with Gasteiger partial charge < -0.3 is 10.5 Å². The number of fused-ring (bicyclic) bond motifs is 7. The molecule has 0 saturated heterocycles. The fraction of sp³-hybridized carbons (Fsp3) is 0.261. The molecule has 1 aliphatic rings. The number of hydrogen-bond acceptors (Lipinski definition) is 5. The number of ether oxygens (including phenoxy) is 1. The van der Waals surface area contributed by atoms with Crippen molar-refractivity contribution in [1.29, 1.82) is 0 Å². The van der Waals surface area contributed by atoms with Crippen LogP contribution in [0.25, 0.3) is 22.5 Å². The highest BCUT2D eigenvalue weighted by Gasteiger charge is 2.23. The first-order valence-corrected chi connectivity index (χ1v) is 10.3. The van der Waals surface area contributed by atoms with E-state index in [9.17, 15) is 8.78 Å². The van der Waals surface area contributed by atoms with Gasteiger partial charge in [0.25, 0.3) is 0 Å². The van der Waals surface area contributed by atoms with E-state index in [2.05, 4.69) is 15.2 Å². The first-order chi connectivity index (χ1) is 15.4. The summed E-state index contributed by atoms with van der Waals surface area (Å²) in [4.78, 5) is 4.29. The van der Waals surface area contributed by atoms with Crippen molar-refractivity contribution >= 4 is 5.82 Å². The second kappa shape index (κ2) is 7.74. The molecule has 5 rings (SSSR count). The number of aryl methyl sites for hydroxylation is 2. The van der Waals surface area contributed by atoms with Crippen molar-refractivity contribution in [3.8, 4) is 28.3 Å². The highest BCUT2D eigenvalue weighted by atomic mass is 19.1. The Balaban J connectivity index is 1.79. The molecule has 0 amide bonds. The first kappa shape index (κ1) is 20.2. The highest BCUT2D eigenvalue weighted by molar-refractivity contribution is 5.69. The van der Waals surface area contributed by atoms with Gasteiger partial charge in [-0.2, -0.15) is 10.2 Å². The normalized spacial score (nSPS) is 15.1. The molecule has 9 heteroatoms. The van der Waals surface area contributed by atoms with E-state index in [1.807, 2.05) is 24.6 Å². The van der Waals surface area contributed by atoms with Crippen molar-refractivity contribution in [2.75, 3.05) is 12.4 Å². The van der Waals surface area contributed by atoms with Gasteiger partial charge in [0.05, 0.1) is 36.4 Å². The monoisotopic (exact) mass is 436 g/mol. The molecule has 0 spiro atoms. The summed E-state index contributed by atoms with van der Waals surface area (Å²) < 4.78 is 37.1. The van der Waals surface area contributed by atoms with E-state index in [-0.39, 0.29) is 18.2 Å². The minimum Gasteiger partial charge on any atom is -0.482 e. The van der Waals surface area contributed by atoms with Gasteiger partial charge in [-0.3, -0.25) is 9.36 Å². The van der Waals surface area contributed by atoms with E-state index < -0.39 is 12.8 Å². The van der Waals surface area contributed by atoms with Crippen LogP contribution >= 0.6 is 0 Å². The fourth-order valence-corrected chi connectivity index (χ4v) is 4.20. The molecule has 0 aliphatic carbocycles. The fourth-order valence-electron chi connectivity index (χ4n) is 4.20. The maximum atomic E-state index is 14.2.